The Balaban J connectivity index is 1.96. The Morgan fingerprint density at radius 2 is 2.56 bits per heavy atom. The summed E-state index contributed by atoms with van der Waals surface area (Å²) in [6.45, 7) is 3.89. The number of hydrogen-bond donors (Lipinski definition) is 2. The van der Waals surface area contributed by atoms with E-state index in [0.717, 1.165) is 38.0 Å². The van der Waals surface area contributed by atoms with E-state index in [1.165, 1.54) is 11.5 Å². The molecule has 0 bridgehead atoms. The molecule has 0 radical (unpaired) electrons. The molecule has 0 aromatic carbocycles. The van der Waals surface area contributed by atoms with Crippen molar-refractivity contribution >= 4 is 17.4 Å². The van der Waals surface area contributed by atoms with Gasteiger partial charge in [-0.15, -0.1) is 5.10 Å². The Kier molecular flexibility index (Phi) is 3.84. The van der Waals surface area contributed by atoms with Gasteiger partial charge in [-0.25, -0.2) is 0 Å². The maximum absolute atomic E-state index is 11.9. The molecule has 16 heavy (non-hydrogen) atoms. The summed E-state index contributed by atoms with van der Waals surface area (Å²) in [6.07, 6.45) is 2.92. The molecular weight excluding hydrogens is 224 g/mol. The summed E-state index contributed by atoms with van der Waals surface area (Å²) in [4.78, 5) is 12.6. The largest absolute Gasteiger partial charge is 0.347 e. The number of nitrogens with one attached hydrogen (secondary N) is 2. The predicted octanol–water partition coefficient (Wildman–Crippen LogP) is 0.582. The van der Waals surface area contributed by atoms with E-state index in [-0.39, 0.29) is 11.9 Å². The molecule has 0 unspecified atom stereocenters. The van der Waals surface area contributed by atoms with Crippen molar-refractivity contribution in [3.05, 3.63) is 10.6 Å². The van der Waals surface area contributed by atoms with Gasteiger partial charge < -0.3 is 10.6 Å². The van der Waals surface area contributed by atoms with Gasteiger partial charge >= 0.3 is 0 Å². The lowest BCUT2D eigenvalue weighted by Gasteiger charge is -2.23. The normalized spacial score (nSPS) is 20.7. The van der Waals surface area contributed by atoms with Crippen LogP contribution in [0.15, 0.2) is 0 Å². The number of aryl methyl sites for hydroxylation is 1. The van der Waals surface area contributed by atoms with Crippen LogP contribution in [-0.2, 0) is 6.42 Å². The van der Waals surface area contributed by atoms with E-state index < -0.39 is 0 Å². The van der Waals surface area contributed by atoms with Gasteiger partial charge in [-0.3, -0.25) is 4.79 Å². The summed E-state index contributed by atoms with van der Waals surface area (Å²) in [5.74, 6) is -0.0273. The zero-order valence-corrected chi connectivity index (χ0v) is 10.1. The van der Waals surface area contributed by atoms with Gasteiger partial charge in [0.2, 0.25) is 0 Å². The second-order valence-electron chi connectivity index (χ2n) is 3.92. The number of amides is 1. The first-order valence-corrected chi connectivity index (χ1v) is 6.41. The standard InChI is InChI=1S/C10H16N4OS/c1-2-8-9(16-14-13-8)10(15)12-7-4-3-5-11-6-7/h7,11H,2-6H2,1H3,(H,12,15)/t7-/m1/s1. The second-order valence-corrected chi connectivity index (χ2v) is 4.67. The topological polar surface area (TPSA) is 66.9 Å². The summed E-state index contributed by atoms with van der Waals surface area (Å²) >= 11 is 1.18. The molecule has 1 aliphatic rings. The van der Waals surface area contributed by atoms with Crippen LogP contribution >= 0.6 is 11.5 Å². The number of nitrogens with zero attached hydrogens (tertiary/aromatic N) is 2. The molecule has 2 rings (SSSR count). The van der Waals surface area contributed by atoms with E-state index in [2.05, 4.69) is 20.2 Å². The Labute approximate surface area is 98.8 Å². The molecule has 1 aliphatic heterocycles. The molecule has 1 aromatic heterocycles. The highest BCUT2D eigenvalue weighted by molar-refractivity contribution is 7.08. The summed E-state index contributed by atoms with van der Waals surface area (Å²) in [6, 6.07) is 0.244. The predicted molar refractivity (Wildman–Crippen MR) is 62.6 cm³/mol. The zero-order valence-electron chi connectivity index (χ0n) is 9.32. The fourth-order valence-corrected chi connectivity index (χ4v) is 2.49. The van der Waals surface area contributed by atoms with Crippen molar-refractivity contribution < 1.29 is 4.79 Å². The molecule has 0 saturated carbocycles. The smallest absolute Gasteiger partial charge is 0.265 e. The lowest BCUT2D eigenvalue weighted by Crippen LogP contribution is -2.45. The highest BCUT2D eigenvalue weighted by Crippen LogP contribution is 2.12. The Bertz CT molecular complexity index is 359. The van der Waals surface area contributed by atoms with Gasteiger partial charge in [0, 0.05) is 12.6 Å². The van der Waals surface area contributed by atoms with Crippen LogP contribution in [0.1, 0.15) is 35.1 Å². The number of piperidine rings is 1. The van der Waals surface area contributed by atoms with Crippen LogP contribution in [0.4, 0.5) is 0 Å². The fraction of sp³-hybridized carbons (Fsp3) is 0.700. The Morgan fingerprint density at radius 3 is 3.25 bits per heavy atom. The molecule has 1 amide bonds. The molecule has 0 aliphatic carbocycles. The van der Waals surface area contributed by atoms with E-state index in [0.29, 0.717) is 4.88 Å². The van der Waals surface area contributed by atoms with Crippen LogP contribution in [0.3, 0.4) is 0 Å². The quantitative estimate of drug-likeness (QED) is 0.811. The van der Waals surface area contributed by atoms with Crippen molar-refractivity contribution in [3.63, 3.8) is 0 Å². The molecule has 5 nitrogen and oxygen atoms in total. The van der Waals surface area contributed by atoms with E-state index in [1.807, 2.05) is 6.92 Å². The minimum Gasteiger partial charge on any atom is -0.347 e. The first-order valence-electron chi connectivity index (χ1n) is 5.64. The van der Waals surface area contributed by atoms with Gasteiger partial charge in [0.05, 0.1) is 5.69 Å². The van der Waals surface area contributed by atoms with Crippen molar-refractivity contribution in [2.75, 3.05) is 13.1 Å². The lowest BCUT2D eigenvalue weighted by molar-refractivity contribution is 0.0933. The highest BCUT2D eigenvalue weighted by Gasteiger charge is 2.20. The van der Waals surface area contributed by atoms with Crippen LogP contribution in [0.5, 0.6) is 0 Å². The van der Waals surface area contributed by atoms with Crippen LogP contribution in [0.25, 0.3) is 0 Å². The molecular formula is C10H16N4OS. The molecule has 2 N–H and O–H groups in total. The molecule has 6 heteroatoms. The Morgan fingerprint density at radius 1 is 1.69 bits per heavy atom. The van der Waals surface area contributed by atoms with Crippen molar-refractivity contribution in [2.24, 2.45) is 0 Å². The average Bonchev–Trinajstić information content (AvgIpc) is 2.78. The van der Waals surface area contributed by atoms with E-state index in [9.17, 15) is 4.79 Å². The van der Waals surface area contributed by atoms with Crippen LogP contribution in [0.2, 0.25) is 0 Å². The third-order valence-electron chi connectivity index (χ3n) is 2.73. The Hall–Kier alpha value is -1.01. The zero-order chi connectivity index (χ0) is 11.4. The average molecular weight is 240 g/mol. The third-order valence-corrected chi connectivity index (χ3v) is 3.50. The minimum atomic E-state index is -0.0273. The summed E-state index contributed by atoms with van der Waals surface area (Å²) in [7, 11) is 0. The second kappa shape index (κ2) is 5.36. The number of aromatic nitrogens is 2. The number of carbonyl (C=O) groups is 1. The molecule has 2 heterocycles. The maximum Gasteiger partial charge on any atom is 0.265 e. The molecule has 1 aromatic rings. The van der Waals surface area contributed by atoms with Crippen LogP contribution in [0, 0.1) is 0 Å². The SMILES string of the molecule is CCc1nnsc1C(=O)N[C@@H]1CCCNC1. The van der Waals surface area contributed by atoms with Crippen molar-refractivity contribution in [1.29, 1.82) is 0 Å². The van der Waals surface area contributed by atoms with Crippen molar-refractivity contribution in [2.45, 2.75) is 32.2 Å². The highest BCUT2D eigenvalue weighted by atomic mass is 32.1. The van der Waals surface area contributed by atoms with Gasteiger partial charge in [0.15, 0.2) is 0 Å². The molecule has 1 atom stereocenters. The summed E-state index contributed by atoms with van der Waals surface area (Å²) in [5, 5.41) is 10.2. The maximum atomic E-state index is 11.9. The molecule has 1 fully saturated rings. The number of rotatable bonds is 3. The lowest BCUT2D eigenvalue weighted by atomic mass is 10.1. The monoisotopic (exact) mass is 240 g/mol. The number of carbonyl (C=O) groups excluding carboxylic acids is 1. The van der Waals surface area contributed by atoms with Gasteiger partial charge in [0.1, 0.15) is 4.88 Å². The first kappa shape index (κ1) is 11.5. The minimum absolute atomic E-state index is 0.0273. The molecule has 0 spiro atoms. The van der Waals surface area contributed by atoms with Crippen molar-refractivity contribution in [3.8, 4) is 0 Å². The van der Waals surface area contributed by atoms with Gasteiger partial charge in [-0.05, 0) is 37.3 Å². The van der Waals surface area contributed by atoms with E-state index in [1.54, 1.807) is 0 Å². The molecule has 1 saturated heterocycles. The van der Waals surface area contributed by atoms with Gasteiger partial charge in [0.25, 0.3) is 5.91 Å². The molecule has 88 valence electrons. The van der Waals surface area contributed by atoms with E-state index in [4.69, 9.17) is 0 Å². The fourth-order valence-electron chi connectivity index (χ4n) is 1.84. The van der Waals surface area contributed by atoms with E-state index >= 15 is 0 Å². The van der Waals surface area contributed by atoms with Crippen molar-refractivity contribution in [1.82, 2.24) is 20.2 Å². The van der Waals surface area contributed by atoms with Crippen LogP contribution < -0.4 is 10.6 Å². The van der Waals surface area contributed by atoms with Gasteiger partial charge in [-0.2, -0.15) is 0 Å². The van der Waals surface area contributed by atoms with Crippen LogP contribution in [-0.4, -0.2) is 34.6 Å². The van der Waals surface area contributed by atoms with Gasteiger partial charge in [-0.1, -0.05) is 11.4 Å². The first-order chi connectivity index (χ1) is 7.81. The summed E-state index contributed by atoms with van der Waals surface area (Å²) < 4.78 is 3.82. The third kappa shape index (κ3) is 2.56. The summed E-state index contributed by atoms with van der Waals surface area (Å²) in [5.41, 5.74) is 0.797. The number of hydrogen-bond acceptors (Lipinski definition) is 5.